The predicted molar refractivity (Wildman–Crippen MR) is 114 cm³/mol. The lowest BCUT2D eigenvalue weighted by Gasteiger charge is -2.18. The highest BCUT2D eigenvalue weighted by Crippen LogP contribution is 2.34. The number of amides is 3. The van der Waals surface area contributed by atoms with Crippen molar-refractivity contribution in [3.63, 3.8) is 0 Å². The van der Waals surface area contributed by atoms with Crippen molar-refractivity contribution in [2.75, 3.05) is 17.2 Å². The van der Waals surface area contributed by atoms with E-state index >= 15 is 0 Å². The van der Waals surface area contributed by atoms with E-state index in [-0.39, 0.29) is 18.5 Å². The monoisotopic (exact) mass is 389 g/mol. The molecule has 3 N–H and O–H groups in total. The molecule has 148 valence electrons. The molecular formula is C23H23N3O3. The SMILES string of the molecule is CC1(C)COc2cc(NC(=O)NCc3cccc4ccccc34)ccc2NC1=O. The first-order chi connectivity index (χ1) is 13.9. The van der Waals surface area contributed by atoms with Crippen LogP contribution in [0.1, 0.15) is 19.4 Å². The summed E-state index contributed by atoms with van der Waals surface area (Å²) in [5, 5.41) is 10.8. The maximum absolute atomic E-state index is 12.4. The fraction of sp³-hybridized carbons (Fsp3) is 0.217. The van der Waals surface area contributed by atoms with Crippen molar-refractivity contribution >= 4 is 34.1 Å². The smallest absolute Gasteiger partial charge is 0.319 e. The van der Waals surface area contributed by atoms with Crippen LogP contribution in [0.3, 0.4) is 0 Å². The number of ether oxygens (including phenoxy) is 1. The lowest BCUT2D eigenvalue weighted by Crippen LogP contribution is -2.33. The summed E-state index contributed by atoms with van der Waals surface area (Å²) in [5.74, 6) is 0.445. The molecule has 1 aliphatic heterocycles. The zero-order valence-corrected chi connectivity index (χ0v) is 16.4. The van der Waals surface area contributed by atoms with Gasteiger partial charge in [-0.25, -0.2) is 4.79 Å². The minimum Gasteiger partial charge on any atom is -0.490 e. The predicted octanol–water partition coefficient (Wildman–Crippen LogP) is 4.52. The molecule has 0 radical (unpaired) electrons. The molecule has 3 aromatic carbocycles. The quantitative estimate of drug-likeness (QED) is 0.616. The molecule has 6 nitrogen and oxygen atoms in total. The Hall–Kier alpha value is -3.54. The van der Waals surface area contributed by atoms with Gasteiger partial charge in [-0.3, -0.25) is 4.79 Å². The third kappa shape index (κ3) is 4.01. The maximum Gasteiger partial charge on any atom is 0.319 e. The number of carbonyl (C=O) groups excluding carboxylic acids is 2. The number of anilines is 2. The summed E-state index contributed by atoms with van der Waals surface area (Å²) in [7, 11) is 0. The number of carbonyl (C=O) groups is 2. The van der Waals surface area contributed by atoms with Crippen LogP contribution in [0.2, 0.25) is 0 Å². The molecule has 0 atom stereocenters. The minimum absolute atomic E-state index is 0.0928. The van der Waals surface area contributed by atoms with Crippen LogP contribution in [0.15, 0.2) is 60.7 Å². The van der Waals surface area contributed by atoms with Crippen LogP contribution in [0, 0.1) is 5.41 Å². The summed E-state index contributed by atoms with van der Waals surface area (Å²) in [4.78, 5) is 24.6. The van der Waals surface area contributed by atoms with Crippen LogP contribution in [0.4, 0.5) is 16.2 Å². The zero-order valence-electron chi connectivity index (χ0n) is 16.4. The van der Waals surface area contributed by atoms with Gasteiger partial charge in [0.15, 0.2) is 0 Å². The molecule has 0 saturated heterocycles. The third-order valence-electron chi connectivity index (χ3n) is 5.01. The van der Waals surface area contributed by atoms with Gasteiger partial charge in [-0.2, -0.15) is 0 Å². The molecule has 0 spiro atoms. The van der Waals surface area contributed by atoms with Gasteiger partial charge in [0, 0.05) is 18.3 Å². The Morgan fingerprint density at radius 1 is 1.10 bits per heavy atom. The second-order valence-corrected chi connectivity index (χ2v) is 7.78. The molecule has 6 heteroatoms. The fourth-order valence-electron chi connectivity index (χ4n) is 3.24. The molecule has 0 fully saturated rings. The largest absolute Gasteiger partial charge is 0.490 e. The summed E-state index contributed by atoms with van der Waals surface area (Å²) < 4.78 is 5.78. The van der Waals surface area contributed by atoms with Crippen LogP contribution in [0.5, 0.6) is 5.75 Å². The van der Waals surface area contributed by atoms with Crippen LogP contribution < -0.4 is 20.7 Å². The van der Waals surface area contributed by atoms with Crippen molar-refractivity contribution in [2.45, 2.75) is 20.4 Å². The average molecular weight is 389 g/mol. The molecule has 0 unspecified atom stereocenters. The van der Waals surface area contributed by atoms with Gasteiger partial charge < -0.3 is 20.7 Å². The summed E-state index contributed by atoms with van der Waals surface area (Å²) in [5.41, 5.74) is 1.62. The van der Waals surface area contributed by atoms with Crippen LogP contribution >= 0.6 is 0 Å². The molecule has 1 heterocycles. The molecule has 29 heavy (non-hydrogen) atoms. The Morgan fingerprint density at radius 3 is 2.76 bits per heavy atom. The van der Waals surface area contributed by atoms with Crippen LogP contribution in [-0.4, -0.2) is 18.5 Å². The zero-order chi connectivity index (χ0) is 20.4. The number of rotatable bonds is 3. The van der Waals surface area contributed by atoms with E-state index in [0.29, 0.717) is 23.7 Å². The van der Waals surface area contributed by atoms with Gasteiger partial charge in [0.2, 0.25) is 5.91 Å². The second kappa shape index (κ2) is 7.47. The Labute approximate surface area is 169 Å². The highest BCUT2D eigenvalue weighted by atomic mass is 16.5. The lowest BCUT2D eigenvalue weighted by molar-refractivity contribution is -0.124. The van der Waals surface area contributed by atoms with Crippen molar-refractivity contribution in [2.24, 2.45) is 5.41 Å². The summed E-state index contributed by atoms with van der Waals surface area (Å²) in [6.07, 6.45) is 0. The van der Waals surface area contributed by atoms with E-state index in [2.05, 4.69) is 28.1 Å². The van der Waals surface area contributed by atoms with Crippen LogP contribution in [-0.2, 0) is 11.3 Å². The molecular weight excluding hydrogens is 366 g/mol. The number of urea groups is 1. The van der Waals surface area contributed by atoms with E-state index in [0.717, 1.165) is 16.3 Å². The molecule has 4 rings (SSSR count). The van der Waals surface area contributed by atoms with E-state index < -0.39 is 5.41 Å². The molecule has 0 aliphatic carbocycles. The average Bonchev–Trinajstić information content (AvgIpc) is 2.82. The first-order valence-corrected chi connectivity index (χ1v) is 9.52. The molecule has 0 aromatic heterocycles. The molecule has 3 amide bonds. The van der Waals surface area contributed by atoms with E-state index in [1.807, 2.05) is 44.2 Å². The van der Waals surface area contributed by atoms with Crippen molar-refractivity contribution < 1.29 is 14.3 Å². The van der Waals surface area contributed by atoms with Gasteiger partial charge in [0.1, 0.15) is 12.4 Å². The van der Waals surface area contributed by atoms with Crippen molar-refractivity contribution in [1.29, 1.82) is 0 Å². The Bertz CT molecular complexity index is 1090. The first-order valence-electron chi connectivity index (χ1n) is 9.52. The number of fused-ring (bicyclic) bond motifs is 2. The lowest BCUT2D eigenvalue weighted by atomic mass is 9.94. The van der Waals surface area contributed by atoms with Crippen molar-refractivity contribution in [3.8, 4) is 5.75 Å². The summed E-state index contributed by atoms with van der Waals surface area (Å²) in [6, 6.07) is 19.0. The van der Waals surface area contributed by atoms with Crippen LogP contribution in [0.25, 0.3) is 10.8 Å². The van der Waals surface area contributed by atoms with Gasteiger partial charge in [0.05, 0.1) is 11.1 Å². The highest BCUT2D eigenvalue weighted by Gasteiger charge is 2.32. The number of hydrogen-bond donors (Lipinski definition) is 3. The van der Waals surface area contributed by atoms with Crippen molar-refractivity contribution in [3.05, 3.63) is 66.2 Å². The van der Waals surface area contributed by atoms with Gasteiger partial charge in [-0.15, -0.1) is 0 Å². The summed E-state index contributed by atoms with van der Waals surface area (Å²) >= 11 is 0. The third-order valence-corrected chi connectivity index (χ3v) is 5.01. The molecule has 0 saturated carbocycles. The van der Waals surface area contributed by atoms with Crippen molar-refractivity contribution in [1.82, 2.24) is 5.32 Å². The topological polar surface area (TPSA) is 79.5 Å². The Kier molecular flexibility index (Phi) is 4.84. The van der Waals surface area contributed by atoms with Gasteiger partial charge >= 0.3 is 6.03 Å². The number of nitrogens with one attached hydrogen (secondary N) is 3. The van der Waals surface area contributed by atoms with Gasteiger partial charge in [-0.1, -0.05) is 42.5 Å². The maximum atomic E-state index is 12.4. The summed E-state index contributed by atoms with van der Waals surface area (Å²) in [6.45, 7) is 4.34. The van der Waals surface area contributed by atoms with Gasteiger partial charge in [-0.05, 0) is 42.3 Å². The molecule has 1 aliphatic rings. The minimum atomic E-state index is -0.623. The van der Waals surface area contributed by atoms with E-state index in [1.165, 1.54) is 0 Å². The van der Waals surface area contributed by atoms with E-state index in [9.17, 15) is 9.59 Å². The second-order valence-electron chi connectivity index (χ2n) is 7.78. The van der Waals surface area contributed by atoms with E-state index in [4.69, 9.17) is 4.74 Å². The Balaban J connectivity index is 1.43. The number of hydrogen-bond acceptors (Lipinski definition) is 3. The first kappa shape index (κ1) is 18.8. The van der Waals surface area contributed by atoms with E-state index in [1.54, 1.807) is 18.2 Å². The standard InChI is InChI=1S/C23H23N3O3/c1-23(2)14-29-20-12-17(10-11-19(20)26-21(23)27)25-22(28)24-13-16-8-5-7-15-6-3-4-9-18(15)16/h3-12H,13-14H2,1-2H3,(H,26,27)(H2,24,25,28). The molecule has 3 aromatic rings. The van der Waals surface area contributed by atoms with Gasteiger partial charge in [0.25, 0.3) is 0 Å². The molecule has 0 bridgehead atoms. The highest BCUT2D eigenvalue weighted by molar-refractivity contribution is 5.98. The normalized spacial score (nSPS) is 14.9. The number of benzene rings is 3. The fourth-order valence-corrected chi connectivity index (χ4v) is 3.24. The Morgan fingerprint density at radius 2 is 1.90 bits per heavy atom.